The minimum Gasteiger partial charge on any atom is -0.368 e. The van der Waals surface area contributed by atoms with E-state index >= 15 is 0 Å². The van der Waals surface area contributed by atoms with Gasteiger partial charge < -0.3 is 4.90 Å². The molecule has 25 heavy (non-hydrogen) atoms. The average molecular weight is 377 g/mol. The lowest BCUT2D eigenvalue weighted by Crippen LogP contribution is -2.43. The molecule has 1 fully saturated rings. The smallest absolute Gasteiger partial charge is 0.159 e. The fourth-order valence-corrected chi connectivity index (χ4v) is 2.90. The van der Waals surface area contributed by atoms with E-state index in [1.165, 1.54) is 0 Å². The summed E-state index contributed by atoms with van der Waals surface area (Å²) < 4.78 is 0. The summed E-state index contributed by atoms with van der Waals surface area (Å²) in [6, 6.07) is 12.8. The van der Waals surface area contributed by atoms with Crippen molar-refractivity contribution < 1.29 is 4.79 Å². The number of nitrogens with zero attached hydrogens (tertiary/aromatic N) is 4. The second kappa shape index (κ2) is 7.85. The molecule has 1 aliphatic heterocycles. The van der Waals surface area contributed by atoms with Crippen LogP contribution in [0.15, 0.2) is 52.8 Å². The Morgan fingerprint density at radius 3 is 2.24 bits per heavy atom. The van der Waals surface area contributed by atoms with E-state index in [-0.39, 0.29) is 5.78 Å². The van der Waals surface area contributed by atoms with E-state index in [0.717, 1.165) is 37.6 Å². The summed E-state index contributed by atoms with van der Waals surface area (Å²) in [4.78, 5) is 13.5. The van der Waals surface area contributed by atoms with Gasteiger partial charge in [0.15, 0.2) is 5.78 Å². The van der Waals surface area contributed by atoms with Crippen LogP contribution in [0.25, 0.3) is 0 Å². The number of benzene rings is 2. The number of piperazine rings is 1. The fraction of sp³-hybridized carbons (Fsp3) is 0.278. The molecule has 0 aliphatic carbocycles. The predicted octanol–water partition coefficient (Wildman–Crippen LogP) is 5.02. The van der Waals surface area contributed by atoms with Gasteiger partial charge in [-0.25, -0.2) is 0 Å². The van der Waals surface area contributed by atoms with Crippen molar-refractivity contribution in [2.45, 2.75) is 6.92 Å². The Balaban J connectivity index is 1.56. The van der Waals surface area contributed by atoms with Crippen LogP contribution in [0.3, 0.4) is 0 Å². The molecule has 0 saturated carbocycles. The Hall–Kier alpha value is -2.11. The largest absolute Gasteiger partial charge is 0.368 e. The first-order valence-corrected chi connectivity index (χ1v) is 8.76. The summed E-state index contributed by atoms with van der Waals surface area (Å²) in [6.07, 6.45) is 0. The van der Waals surface area contributed by atoms with Gasteiger partial charge in [-0.3, -0.25) is 9.80 Å². The zero-order valence-electron chi connectivity index (χ0n) is 13.8. The Kier molecular flexibility index (Phi) is 5.56. The van der Waals surface area contributed by atoms with Crippen molar-refractivity contribution in [2.75, 3.05) is 31.1 Å². The van der Waals surface area contributed by atoms with Crippen molar-refractivity contribution >= 4 is 40.4 Å². The van der Waals surface area contributed by atoms with E-state index in [1.807, 2.05) is 23.2 Å². The highest BCUT2D eigenvalue weighted by atomic mass is 35.5. The molecule has 2 aromatic carbocycles. The van der Waals surface area contributed by atoms with Crippen molar-refractivity contribution in [3.63, 3.8) is 0 Å². The third-order valence-corrected chi connectivity index (χ3v) is 4.82. The lowest BCUT2D eigenvalue weighted by atomic mass is 10.1. The van der Waals surface area contributed by atoms with Gasteiger partial charge in [0, 0.05) is 24.3 Å². The Bertz CT molecular complexity index is 784. The fourth-order valence-electron chi connectivity index (χ4n) is 2.60. The normalized spacial score (nSPS) is 15.0. The molecule has 7 heteroatoms. The molecule has 0 aromatic heterocycles. The van der Waals surface area contributed by atoms with Crippen molar-refractivity contribution in [1.29, 1.82) is 0 Å². The molecule has 2 aromatic rings. The topological polar surface area (TPSA) is 48.3 Å². The number of hydrogen-bond donors (Lipinski definition) is 0. The first kappa shape index (κ1) is 17.7. The van der Waals surface area contributed by atoms with Gasteiger partial charge in [-0.05, 0) is 49.4 Å². The maximum absolute atomic E-state index is 11.3. The molecule has 1 aliphatic rings. The molecule has 1 saturated heterocycles. The van der Waals surface area contributed by atoms with Gasteiger partial charge in [0.25, 0.3) is 0 Å². The first-order valence-electron chi connectivity index (χ1n) is 8.00. The highest BCUT2D eigenvalue weighted by molar-refractivity contribution is 6.42. The molecule has 3 rings (SSSR count). The van der Waals surface area contributed by atoms with Crippen LogP contribution in [0.4, 0.5) is 11.4 Å². The number of anilines is 1. The van der Waals surface area contributed by atoms with Crippen LogP contribution in [-0.4, -0.2) is 37.0 Å². The van der Waals surface area contributed by atoms with Gasteiger partial charge in [-0.2, -0.15) is 0 Å². The molecule has 0 unspecified atom stereocenters. The van der Waals surface area contributed by atoms with Crippen LogP contribution in [0, 0.1) is 0 Å². The zero-order chi connectivity index (χ0) is 17.8. The maximum atomic E-state index is 11.3. The summed E-state index contributed by atoms with van der Waals surface area (Å²) in [5.74, 6) is 0.0434. The van der Waals surface area contributed by atoms with Gasteiger partial charge in [0.1, 0.15) is 0 Å². The standard InChI is InChI=1S/C18H18Cl2N4O/c1-13(25)14-2-4-15(5-3-14)21-22-24-10-8-23(9-11-24)16-6-7-17(19)18(20)12-16/h2-7,12H,8-11H2,1H3/b22-21+. The third kappa shape index (κ3) is 4.50. The van der Waals surface area contributed by atoms with Crippen LogP contribution in [0.1, 0.15) is 17.3 Å². The van der Waals surface area contributed by atoms with Gasteiger partial charge in [-0.1, -0.05) is 28.4 Å². The SMILES string of the molecule is CC(=O)c1ccc(/N=N/N2CCN(c3ccc(Cl)c(Cl)c3)CC2)cc1. The minimum atomic E-state index is 0.0434. The molecule has 0 N–H and O–H groups in total. The lowest BCUT2D eigenvalue weighted by Gasteiger charge is -2.34. The average Bonchev–Trinajstić information content (AvgIpc) is 2.63. The van der Waals surface area contributed by atoms with Gasteiger partial charge >= 0.3 is 0 Å². The van der Waals surface area contributed by atoms with E-state index < -0.39 is 0 Å². The third-order valence-electron chi connectivity index (χ3n) is 4.08. The number of hydrogen-bond acceptors (Lipinski definition) is 4. The quantitative estimate of drug-likeness (QED) is 0.556. The molecule has 5 nitrogen and oxygen atoms in total. The molecule has 0 atom stereocenters. The van der Waals surface area contributed by atoms with Gasteiger partial charge in [-0.15, -0.1) is 5.11 Å². The molecule has 130 valence electrons. The predicted molar refractivity (Wildman–Crippen MR) is 101 cm³/mol. The van der Waals surface area contributed by atoms with E-state index in [2.05, 4.69) is 15.2 Å². The van der Waals surface area contributed by atoms with Crippen LogP contribution < -0.4 is 4.90 Å². The second-order valence-electron chi connectivity index (χ2n) is 5.83. The Morgan fingerprint density at radius 2 is 1.64 bits per heavy atom. The number of halogens is 2. The monoisotopic (exact) mass is 376 g/mol. The number of rotatable bonds is 4. The molecule has 0 amide bonds. The van der Waals surface area contributed by atoms with E-state index in [4.69, 9.17) is 23.2 Å². The van der Waals surface area contributed by atoms with Crippen LogP contribution in [-0.2, 0) is 0 Å². The summed E-state index contributed by atoms with van der Waals surface area (Å²) in [6.45, 7) is 4.76. The van der Waals surface area contributed by atoms with Crippen LogP contribution >= 0.6 is 23.2 Å². The van der Waals surface area contributed by atoms with Gasteiger partial charge in [0.05, 0.1) is 28.8 Å². The zero-order valence-corrected chi connectivity index (χ0v) is 15.3. The minimum absolute atomic E-state index is 0.0434. The lowest BCUT2D eigenvalue weighted by molar-refractivity contribution is 0.101. The van der Waals surface area contributed by atoms with E-state index in [1.54, 1.807) is 31.2 Å². The number of carbonyl (C=O) groups excluding carboxylic acids is 1. The molecular weight excluding hydrogens is 359 g/mol. The van der Waals surface area contributed by atoms with Crippen molar-refractivity contribution in [3.05, 3.63) is 58.1 Å². The molecule has 0 radical (unpaired) electrons. The summed E-state index contributed by atoms with van der Waals surface area (Å²) in [5, 5.41) is 11.6. The van der Waals surface area contributed by atoms with Crippen LogP contribution in [0.5, 0.6) is 0 Å². The maximum Gasteiger partial charge on any atom is 0.159 e. The Morgan fingerprint density at radius 1 is 0.960 bits per heavy atom. The molecule has 0 bridgehead atoms. The number of carbonyl (C=O) groups is 1. The van der Waals surface area contributed by atoms with Crippen molar-refractivity contribution in [2.24, 2.45) is 10.3 Å². The number of Topliss-reactive ketones (excluding diaryl/α,β-unsaturated/α-hetero) is 1. The van der Waals surface area contributed by atoms with Crippen molar-refractivity contribution in [1.82, 2.24) is 5.01 Å². The summed E-state index contributed by atoms with van der Waals surface area (Å²) >= 11 is 12.1. The highest BCUT2D eigenvalue weighted by Gasteiger charge is 2.16. The summed E-state index contributed by atoms with van der Waals surface area (Å²) in [5.41, 5.74) is 2.47. The second-order valence-corrected chi connectivity index (χ2v) is 6.65. The van der Waals surface area contributed by atoms with E-state index in [9.17, 15) is 4.79 Å². The molecule has 0 spiro atoms. The molecule has 1 heterocycles. The Labute approximate surface area is 156 Å². The van der Waals surface area contributed by atoms with Gasteiger partial charge in [0.2, 0.25) is 0 Å². The van der Waals surface area contributed by atoms with Crippen molar-refractivity contribution in [3.8, 4) is 0 Å². The molecular formula is C18H18Cl2N4O. The van der Waals surface area contributed by atoms with Crippen LogP contribution in [0.2, 0.25) is 10.0 Å². The van der Waals surface area contributed by atoms with E-state index in [0.29, 0.717) is 15.6 Å². The summed E-state index contributed by atoms with van der Waals surface area (Å²) in [7, 11) is 0. The number of ketones is 1. The first-order chi connectivity index (χ1) is 12.0. The highest BCUT2D eigenvalue weighted by Crippen LogP contribution is 2.27.